The molecule has 1 N–H and O–H groups in total. The summed E-state index contributed by atoms with van der Waals surface area (Å²) in [7, 11) is 0. The lowest BCUT2D eigenvalue weighted by Gasteiger charge is -2.10. The van der Waals surface area contributed by atoms with Gasteiger partial charge in [0.15, 0.2) is 5.82 Å². The number of nitrogens with zero attached hydrogens (tertiary/aromatic N) is 3. The highest BCUT2D eigenvalue weighted by Crippen LogP contribution is 2.31. The monoisotopic (exact) mass is 382 g/mol. The lowest BCUT2D eigenvalue weighted by Crippen LogP contribution is -2.17. The fourth-order valence-corrected chi connectivity index (χ4v) is 2.37. The smallest absolute Gasteiger partial charge is 0.320 e. The summed E-state index contributed by atoms with van der Waals surface area (Å²) in [6.45, 7) is 1.41. The minimum atomic E-state index is -4.63. The first-order chi connectivity index (χ1) is 12.7. The summed E-state index contributed by atoms with van der Waals surface area (Å²) in [6.07, 6.45) is -3.57. The van der Waals surface area contributed by atoms with Crippen molar-refractivity contribution in [2.75, 3.05) is 5.32 Å². The normalized spacial score (nSPS) is 11.5. The molecule has 140 valence electrons. The van der Waals surface area contributed by atoms with E-state index < -0.39 is 35.0 Å². The average molecular weight is 382 g/mol. The van der Waals surface area contributed by atoms with E-state index >= 15 is 0 Å². The molecule has 0 aliphatic rings. The van der Waals surface area contributed by atoms with E-state index in [1.54, 1.807) is 0 Å². The van der Waals surface area contributed by atoms with E-state index in [0.717, 1.165) is 30.5 Å². The molecular weight excluding hydrogens is 371 g/mol. The molecule has 0 radical (unpaired) electrons. The number of rotatable bonds is 3. The Bertz CT molecular complexity index is 975. The van der Waals surface area contributed by atoms with Gasteiger partial charge in [0.1, 0.15) is 22.9 Å². The number of nitrogens with one attached hydrogen (secondary N) is 1. The minimum absolute atomic E-state index is 0.0452. The van der Waals surface area contributed by atoms with E-state index in [2.05, 4.69) is 15.4 Å². The Labute approximate surface area is 149 Å². The highest BCUT2D eigenvalue weighted by atomic mass is 19.4. The molecule has 0 spiro atoms. The molecule has 0 fully saturated rings. The van der Waals surface area contributed by atoms with Gasteiger partial charge in [-0.1, -0.05) is 6.07 Å². The average Bonchev–Trinajstić information content (AvgIpc) is 2.97. The molecule has 0 unspecified atom stereocenters. The van der Waals surface area contributed by atoms with Gasteiger partial charge in [-0.25, -0.2) is 18.4 Å². The van der Waals surface area contributed by atoms with Crippen molar-refractivity contribution in [3.8, 4) is 5.82 Å². The molecule has 0 aliphatic heterocycles. The SMILES string of the molecule is Cc1cc(C(F)(F)F)n(-c2ccc(NC(=O)c3c(F)cccc3F)cn2)n1. The largest absolute Gasteiger partial charge is 0.433 e. The van der Waals surface area contributed by atoms with Crippen molar-refractivity contribution >= 4 is 11.6 Å². The summed E-state index contributed by atoms with van der Waals surface area (Å²) in [5, 5.41) is 5.99. The molecule has 0 saturated carbocycles. The van der Waals surface area contributed by atoms with E-state index in [9.17, 15) is 26.7 Å². The maximum atomic E-state index is 13.6. The van der Waals surface area contributed by atoms with E-state index in [1.807, 2.05) is 0 Å². The van der Waals surface area contributed by atoms with Crippen molar-refractivity contribution in [3.05, 3.63) is 71.2 Å². The fourth-order valence-electron chi connectivity index (χ4n) is 2.37. The van der Waals surface area contributed by atoms with Crippen molar-refractivity contribution in [1.82, 2.24) is 14.8 Å². The van der Waals surface area contributed by atoms with Crippen molar-refractivity contribution in [2.24, 2.45) is 0 Å². The van der Waals surface area contributed by atoms with Gasteiger partial charge in [0, 0.05) is 0 Å². The van der Waals surface area contributed by atoms with Gasteiger partial charge in [0.25, 0.3) is 5.91 Å². The second kappa shape index (κ2) is 6.78. The summed E-state index contributed by atoms with van der Waals surface area (Å²) in [4.78, 5) is 15.8. The Morgan fingerprint density at radius 2 is 1.78 bits per heavy atom. The number of amides is 1. The Morgan fingerprint density at radius 1 is 1.11 bits per heavy atom. The van der Waals surface area contributed by atoms with Crippen LogP contribution in [0.2, 0.25) is 0 Å². The molecule has 3 rings (SSSR count). The van der Waals surface area contributed by atoms with Crippen molar-refractivity contribution < 1.29 is 26.7 Å². The van der Waals surface area contributed by atoms with E-state index in [0.29, 0.717) is 4.68 Å². The first kappa shape index (κ1) is 18.5. The van der Waals surface area contributed by atoms with Crippen LogP contribution < -0.4 is 5.32 Å². The third-order valence-electron chi connectivity index (χ3n) is 3.53. The fraction of sp³-hybridized carbons (Fsp3) is 0.118. The van der Waals surface area contributed by atoms with Crippen LogP contribution in [0.25, 0.3) is 5.82 Å². The summed E-state index contributed by atoms with van der Waals surface area (Å²) < 4.78 is 67.0. The molecular formula is C17H11F5N4O. The van der Waals surface area contributed by atoms with E-state index in [4.69, 9.17) is 0 Å². The number of benzene rings is 1. The maximum absolute atomic E-state index is 13.6. The molecule has 27 heavy (non-hydrogen) atoms. The first-order valence-electron chi connectivity index (χ1n) is 7.52. The lowest BCUT2D eigenvalue weighted by molar-refractivity contribution is -0.142. The number of aryl methyl sites for hydroxylation is 1. The van der Waals surface area contributed by atoms with Crippen molar-refractivity contribution in [2.45, 2.75) is 13.1 Å². The summed E-state index contributed by atoms with van der Waals surface area (Å²) in [5.41, 5.74) is -1.58. The molecule has 0 saturated heterocycles. The molecule has 0 bridgehead atoms. The number of carbonyl (C=O) groups excluding carboxylic acids is 1. The summed E-state index contributed by atoms with van der Waals surface area (Å²) >= 11 is 0. The van der Waals surface area contributed by atoms with Crippen LogP contribution >= 0.6 is 0 Å². The van der Waals surface area contributed by atoms with Crippen molar-refractivity contribution in [1.29, 1.82) is 0 Å². The Kier molecular flexibility index (Phi) is 4.64. The number of anilines is 1. The third-order valence-corrected chi connectivity index (χ3v) is 3.53. The Morgan fingerprint density at radius 3 is 2.33 bits per heavy atom. The van der Waals surface area contributed by atoms with Gasteiger partial charge in [-0.15, -0.1) is 0 Å². The van der Waals surface area contributed by atoms with E-state index in [-0.39, 0.29) is 17.2 Å². The van der Waals surface area contributed by atoms with Gasteiger partial charge in [-0.2, -0.15) is 18.3 Å². The van der Waals surface area contributed by atoms with Crippen LogP contribution in [0.3, 0.4) is 0 Å². The number of aromatic nitrogens is 3. The highest BCUT2D eigenvalue weighted by Gasteiger charge is 2.36. The molecule has 2 aromatic heterocycles. The second-order valence-electron chi connectivity index (χ2n) is 5.54. The Hall–Kier alpha value is -3.30. The van der Waals surface area contributed by atoms with E-state index in [1.165, 1.54) is 19.1 Å². The molecule has 0 atom stereocenters. The van der Waals surface area contributed by atoms with Crippen LogP contribution in [0.4, 0.5) is 27.6 Å². The minimum Gasteiger partial charge on any atom is -0.320 e. The van der Waals surface area contributed by atoms with Gasteiger partial charge in [0.2, 0.25) is 0 Å². The topological polar surface area (TPSA) is 59.8 Å². The van der Waals surface area contributed by atoms with Crippen LogP contribution in [-0.2, 0) is 6.18 Å². The maximum Gasteiger partial charge on any atom is 0.433 e. The third kappa shape index (κ3) is 3.78. The summed E-state index contributed by atoms with van der Waals surface area (Å²) in [5.74, 6) is -3.27. The number of halogens is 5. The number of hydrogen-bond donors (Lipinski definition) is 1. The number of hydrogen-bond acceptors (Lipinski definition) is 3. The molecule has 0 aliphatic carbocycles. The number of pyridine rings is 1. The van der Waals surface area contributed by atoms with Gasteiger partial charge >= 0.3 is 6.18 Å². The van der Waals surface area contributed by atoms with Gasteiger partial charge < -0.3 is 5.32 Å². The lowest BCUT2D eigenvalue weighted by atomic mass is 10.2. The highest BCUT2D eigenvalue weighted by molar-refractivity contribution is 6.04. The predicted octanol–water partition coefficient (Wildman–Crippen LogP) is 4.13. The quantitative estimate of drug-likeness (QED) is 0.693. The molecule has 2 heterocycles. The standard InChI is InChI=1S/C17H11F5N4O/c1-9-7-13(17(20,21)22)26(25-9)14-6-5-10(8-23-14)24-16(27)15-11(18)3-2-4-12(15)19/h2-8H,1H3,(H,24,27). The predicted molar refractivity (Wildman–Crippen MR) is 85.4 cm³/mol. The molecule has 5 nitrogen and oxygen atoms in total. The molecule has 10 heteroatoms. The van der Waals surface area contributed by atoms with Crippen LogP contribution in [0.1, 0.15) is 21.7 Å². The van der Waals surface area contributed by atoms with Crippen LogP contribution in [-0.4, -0.2) is 20.7 Å². The molecule has 1 amide bonds. The van der Waals surface area contributed by atoms with Crippen molar-refractivity contribution in [3.63, 3.8) is 0 Å². The second-order valence-corrected chi connectivity index (χ2v) is 5.54. The molecule has 1 aromatic carbocycles. The van der Waals surface area contributed by atoms with Gasteiger partial charge in [-0.05, 0) is 37.3 Å². The number of alkyl halides is 3. The molecule has 3 aromatic rings. The van der Waals surface area contributed by atoms with Crippen LogP contribution in [0.15, 0.2) is 42.6 Å². The Balaban J connectivity index is 1.86. The zero-order chi connectivity index (χ0) is 19.8. The van der Waals surface area contributed by atoms with Crippen LogP contribution in [0.5, 0.6) is 0 Å². The van der Waals surface area contributed by atoms with Crippen LogP contribution in [0, 0.1) is 18.6 Å². The summed E-state index contributed by atoms with van der Waals surface area (Å²) in [6, 6.07) is 6.28. The van der Waals surface area contributed by atoms with Gasteiger partial charge in [0.05, 0.1) is 17.6 Å². The zero-order valence-electron chi connectivity index (χ0n) is 13.7. The number of carbonyl (C=O) groups is 1. The zero-order valence-corrected chi connectivity index (χ0v) is 13.7. The first-order valence-corrected chi connectivity index (χ1v) is 7.52. The van der Waals surface area contributed by atoms with Gasteiger partial charge in [-0.3, -0.25) is 4.79 Å².